The van der Waals surface area contributed by atoms with Crippen LogP contribution in [0.4, 0.5) is 0 Å². The lowest BCUT2D eigenvalue weighted by Crippen LogP contribution is -2.61. The first-order chi connectivity index (χ1) is 12.1. The van der Waals surface area contributed by atoms with Gasteiger partial charge in [-0.25, -0.2) is 0 Å². The summed E-state index contributed by atoms with van der Waals surface area (Å²) in [5.41, 5.74) is 7.08. The van der Waals surface area contributed by atoms with Gasteiger partial charge in [-0.15, -0.1) is 0 Å². The summed E-state index contributed by atoms with van der Waals surface area (Å²) in [5, 5.41) is 3.35. The highest BCUT2D eigenvalue weighted by Gasteiger charge is 2.40. The zero-order valence-electron chi connectivity index (χ0n) is 14.9. The fourth-order valence-corrected chi connectivity index (χ4v) is 3.54. The number of carbonyl (C=O) groups excluding carboxylic acids is 1. The molecular formula is C19H29N3O3. The van der Waals surface area contributed by atoms with Crippen LogP contribution in [0.25, 0.3) is 0 Å². The molecule has 3 rings (SSSR count). The van der Waals surface area contributed by atoms with Crippen LogP contribution in [0.15, 0.2) is 30.3 Å². The van der Waals surface area contributed by atoms with Gasteiger partial charge in [-0.2, -0.15) is 0 Å². The number of nitrogens with one attached hydrogen (secondary N) is 1. The highest BCUT2D eigenvalue weighted by atomic mass is 16.5. The molecule has 0 radical (unpaired) electrons. The quantitative estimate of drug-likeness (QED) is 0.828. The number of amides is 1. The van der Waals surface area contributed by atoms with E-state index in [1.807, 2.05) is 42.2 Å². The first-order valence-corrected chi connectivity index (χ1v) is 9.14. The van der Waals surface area contributed by atoms with Gasteiger partial charge in [-0.3, -0.25) is 4.79 Å². The highest BCUT2D eigenvalue weighted by Crippen LogP contribution is 2.27. The molecule has 0 aliphatic carbocycles. The van der Waals surface area contributed by atoms with E-state index in [1.54, 1.807) is 0 Å². The van der Waals surface area contributed by atoms with E-state index in [0.29, 0.717) is 26.3 Å². The molecule has 2 aliphatic heterocycles. The fraction of sp³-hybridized carbons (Fsp3) is 0.632. The van der Waals surface area contributed by atoms with E-state index < -0.39 is 6.04 Å². The van der Waals surface area contributed by atoms with Crippen molar-refractivity contribution in [3.8, 4) is 0 Å². The maximum atomic E-state index is 12.8. The van der Waals surface area contributed by atoms with E-state index in [1.165, 1.54) is 0 Å². The van der Waals surface area contributed by atoms with Gasteiger partial charge in [0.2, 0.25) is 5.91 Å². The number of nitrogens with two attached hydrogens (primary N) is 1. The van der Waals surface area contributed by atoms with Crippen LogP contribution < -0.4 is 11.1 Å². The molecule has 1 amide bonds. The molecule has 2 aliphatic rings. The van der Waals surface area contributed by atoms with Gasteiger partial charge in [0.25, 0.3) is 0 Å². The van der Waals surface area contributed by atoms with Gasteiger partial charge in [0, 0.05) is 13.1 Å². The Balaban J connectivity index is 1.53. The minimum atomic E-state index is -0.652. The van der Waals surface area contributed by atoms with Gasteiger partial charge >= 0.3 is 0 Å². The molecule has 3 N–H and O–H groups in total. The molecule has 1 aromatic carbocycles. The number of rotatable bonds is 5. The Labute approximate surface area is 149 Å². The molecular weight excluding hydrogens is 318 g/mol. The van der Waals surface area contributed by atoms with E-state index in [4.69, 9.17) is 15.2 Å². The van der Waals surface area contributed by atoms with Crippen molar-refractivity contribution >= 4 is 5.91 Å². The van der Waals surface area contributed by atoms with Crippen LogP contribution in [-0.2, 0) is 20.9 Å². The third-order valence-electron chi connectivity index (χ3n) is 5.22. The second-order valence-corrected chi connectivity index (χ2v) is 7.07. The van der Waals surface area contributed by atoms with Gasteiger partial charge in [0.15, 0.2) is 0 Å². The molecule has 0 unspecified atom stereocenters. The summed E-state index contributed by atoms with van der Waals surface area (Å²) >= 11 is 0. The van der Waals surface area contributed by atoms with Crippen molar-refractivity contribution in [2.24, 2.45) is 5.73 Å². The van der Waals surface area contributed by atoms with Gasteiger partial charge in [0.05, 0.1) is 24.9 Å². The molecule has 25 heavy (non-hydrogen) atoms. The second kappa shape index (κ2) is 8.27. The Morgan fingerprint density at radius 3 is 2.80 bits per heavy atom. The van der Waals surface area contributed by atoms with Crippen molar-refractivity contribution < 1.29 is 14.3 Å². The summed E-state index contributed by atoms with van der Waals surface area (Å²) in [6.07, 6.45) is 1.54. The monoisotopic (exact) mass is 347 g/mol. The third kappa shape index (κ3) is 4.58. The van der Waals surface area contributed by atoms with Gasteiger partial charge in [-0.05, 0) is 38.4 Å². The van der Waals surface area contributed by atoms with Crippen molar-refractivity contribution in [1.29, 1.82) is 0 Å². The van der Waals surface area contributed by atoms with Gasteiger partial charge in [-0.1, -0.05) is 30.3 Å². The standard InChI is InChI=1S/C19H29N3O3/c1-15(24-13-16-5-3-2-4-6-16)17(20)18(23)22-11-12-25-19(14-22)7-9-21-10-8-19/h2-6,15,17,21H,7-14,20H2,1H3/t15-,17+/m0/s1. The molecule has 6 nitrogen and oxygen atoms in total. The Hall–Kier alpha value is -1.47. The summed E-state index contributed by atoms with van der Waals surface area (Å²) in [5.74, 6) is -0.0400. The summed E-state index contributed by atoms with van der Waals surface area (Å²) in [6.45, 7) is 6.01. The predicted molar refractivity (Wildman–Crippen MR) is 96.0 cm³/mol. The average molecular weight is 347 g/mol. The van der Waals surface area contributed by atoms with Gasteiger partial charge in [0.1, 0.15) is 6.04 Å². The molecule has 6 heteroatoms. The van der Waals surface area contributed by atoms with Crippen molar-refractivity contribution in [3.05, 3.63) is 35.9 Å². The summed E-state index contributed by atoms with van der Waals surface area (Å²) in [6, 6.07) is 9.27. The topological polar surface area (TPSA) is 76.8 Å². The molecule has 1 spiro atoms. The second-order valence-electron chi connectivity index (χ2n) is 7.07. The number of ether oxygens (including phenoxy) is 2. The first-order valence-electron chi connectivity index (χ1n) is 9.14. The molecule has 138 valence electrons. The lowest BCUT2D eigenvalue weighted by Gasteiger charge is -2.45. The van der Waals surface area contributed by atoms with Crippen molar-refractivity contribution in [1.82, 2.24) is 10.2 Å². The van der Waals surface area contributed by atoms with Crippen LogP contribution in [0.5, 0.6) is 0 Å². The largest absolute Gasteiger partial charge is 0.372 e. The van der Waals surface area contributed by atoms with Crippen LogP contribution in [0.3, 0.4) is 0 Å². The highest BCUT2D eigenvalue weighted by molar-refractivity contribution is 5.82. The molecule has 0 aromatic heterocycles. The summed E-state index contributed by atoms with van der Waals surface area (Å²) in [4.78, 5) is 14.7. The van der Waals surface area contributed by atoms with Crippen LogP contribution in [0.2, 0.25) is 0 Å². The van der Waals surface area contributed by atoms with Crippen molar-refractivity contribution in [2.75, 3.05) is 32.8 Å². The number of nitrogens with zero attached hydrogens (tertiary/aromatic N) is 1. The molecule has 2 saturated heterocycles. The predicted octanol–water partition coefficient (Wildman–Crippen LogP) is 0.900. The lowest BCUT2D eigenvalue weighted by atomic mass is 9.90. The van der Waals surface area contributed by atoms with E-state index in [0.717, 1.165) is 31.5 Å². The summed E-state index contributed by atoms with van der Waals surface area (Å²) in [7, 11) is 0. The molecule has 0 saturated carbocycles. The fourth-order valence-electron chi connectivity index (χ4n) is 3.54. The zero-order chi connectivity index (χ0) is 17.7. The SMILES string of the molecule is C[C@H](OCc1ccccc1)[C@@H](N)C(=O)N1CCOC2(CCNCC2)C1. The van der Waals surface area contributed by atoms with Crippen molar-refractivity contribution in [3.63, 3.8) is 0 Å². The number of piperidine rings is 1. The number of carbonyl (C=O) groups is 1. The van der Waals surface area contributed by atoms with E-state index >= 15 is 0 Å². The zero-order valence-corrected chi connectivity index (χ0v) is 14.9. The average Bonchev–Trinajstić information content (AvgIpc) is 2.66. The van der Waals surface area contributed by atoms with Crippen molar-refractivity contribution in [2.45, 2.75) is 44.1 Å². The minimum absolute atomic E-state index is 0.0400. The maximum absolute atomic E-state index is 12.8. The number of hydrogen-bond donors (Lipinski definition) is 2. The molecule has 2 fully saturated rings. The van der Waals surface area contributed by atoms with E-state index in [9.17, 15) is 4.79 Å². The van der Waals surface area contributed by atoms with Crippen LogP contribution in [0, 0.1) is 0 Å². The molecule has 2 heterocycles. The van der Waals surface area contributed by atoms with E-state index in [-0.39, 0.29) is 17.6 Å². The Kier molecular flexibility index (Phi) is 6.06. The molecule has 0 bridgehead atoms. The smallest absolute Gasteiger partial charge is 0.242 e. The number of morpholine rings is 1. The number of hydrogen-bond acceptors (Lipinski definition) is 5. The lowest BCUT2D eigenvalue weighted by molar-refractivity contribution is -0.159. The molecule has 2 atom stereocenters. The first kappa shape index (κ1) is 18.3. The van der Waals surface area contributed by atoms with Crippen LogP contribution in [-0.4, -0.2) is 61.3 Å². The summed E-state index contributed by atoms with van der Waals surface area (Å²) < 4.78 is 11.9. The molecule has 1 aromatic rings. The Morgan fingerprint density at radius 2 is 2.08 bits per heavy atom. The van der Waals surface area contributed by atoms with Crippen LogP contribution >= 0.6 is 0 Å². The minimum Gasteiger partial charge on any atom is -0.372 e. The van der Waals surface area contributed by atoms with Gasteiger partial charge < -0.3 is 25.4 Å². The normalized spacial score (nSPS) is 22.6. The Bertz CT molecular complexity index is 555. The number of benzene rings is 1. The maximum Gasteiger partial charge on any atom is 0.242 e. The van der Waals surface area contributed by atoms with Crippen LogP contribution in [0.1, 0.15) is 25.3 Å². The Morgan fingerprint density at radius 1 is 1.36 bits per heavy atom. The third-order valence-corrected chi connectivity index (χ3v) is 5.22. The van der Waals surface area contributed by atoms with E-state index in [2.05, 4.69) is 5.32 Å².